The summed E-state index contributed by atoms with van der Waals surface area (Å²) >= 11 is 13.6. The van der Waals surface area contributed by atoms with Gasteiger partial charge in [0.2, 0.25) is 5.91 Å². The maximum atomic E-state index is 12.7. The Morgan fingerprint density at radius 3 is 2.93 bits per heavy atom. The maximum Gasteiger partial charge on any atom is 0.257 e. The van der Waals surface area contributed by atoms with E-state index in [0.29, 0.717) is 40.3 Å². The van der Waals surface area contributed by atoms with E-state index in [2.05, 4.69) is 10.3 Å². The molecule has 1 N–H and O–H groups in total. The van der Waals surface area contributed by atoms with Crippen molar-refractivity contribution in [1.82, 2.24) is 9.88 Å². The molecule has 1 aliphatic heterocycles. The van der Waals surface area contributed by atoms with Crippen LogP contribution in [0.15, 0.2) is 47.4 Å². The first-order valence-corrected chi connectivity index (χ1v) is 11.1. The number of halogens is 2. The highest BCUT2D eigenvalue weighted by Gasteiger charge is 2.29. The largest absolute Gasteiger partial charge is 0.472 e. The minimum absolute atomic E-state index is 0.113. The third-order valence-corrected chi connectivity index (χ3v) is 6.51. The van der Waals surface area contributed by atoms with Gasteiger partial charge in [-0.3, -0.25) is 9.59 Å². The van der Waals surface area contributed by atoms with Gasteiger partial charge in [0.25, 0.3) is 5.91 Å². The average Bonchev–Trinajstić information content (AvgIpc) is 3.42. The van der Waals surface area contributed by atoms with Crippen molar-refractivity contribution in [1.29, 1.82) is 0 Å². The molecular formula is C21H19Cl2N3O3S. The second kappa shape index (κ2) is 9.20. The summed E-state index contributed by atoms with van der Waals surface area (Å²) in [5.41, 5.74) is 1.45. The Hall–Kier alpha value is -2.35. The standard InChI is InChI=1S/C21H19Cl2N3O3S/c22-16-4-3-13(18(23)9-16)8-17-10-24-21(30-17)25-19(27)14-2-1-6-26(11-14)20(28)15-5-7-29-12-15/h3-5,7,9-10,12,14H,1-2,6,8,11H2,(H,24,25,27). The molecule has 0 aliphatic carbocycles. The molecule has 3 heterocycles. The SMILES string of the molecule is O=C(Nc1ncc(Cc2ccc(Cl)cc2Cl)s1)C1CCCN(C(=O)c2ccoc2)C1. The van der Waals surface area contributed by atoms with Crippen LogP contribution < -0.4 is 5.32 Å². The fraction of sp³-hybridized carbons (Fsp3) is 0.286. The Labute approximate surface area is 187 Å². The van der Waals surface area contributed by atoms with E-state index >= 15 is 0 Å². The number of hydrogen-bond acceptors (Lipinski definition) is 5. The van der Waals surface area contributed by atoms with Gasteiger partial charge in [-0.1, -0.05) is 29.3 Å². The number of carbonyl (C=O) groups excluding carboxylic acids is 2. The molecule has 0 bridgehead atoms. The van der Waals surface area contributed by atoms with Crippen LogP contribution in [0.5, 0.6) is 0 Å². The third kappa shape index (κ3) is 4.86. The fourth-order valence-electron chi connectivity index (χ4n) is 3.45. The Morgan fingerprint density at radius 2 is 2.17 bits per heavy atom. The predicted octanol–water partition coefficient (Wildman–Crippen LogP) is 5.12. The van der Waals surface area contributed by atoms with Crippen LogP contribution in [-0.4, -0.2) is 34.8 Å². The van der Waals surface area contributed by atoms with Crippen LogP contribution in [0.25, 0.3) is 0 Å². The first-order chi connectivity index (χ1) is 14.5. The number of furan rings is 1. The molecule has 1 aliphatic rings. The monoisotopic (exact) mass is 463 g/mol. The maximum absolute atomic E-state index is 12.7. The zero-order valence-corrected chi connectivity index (χ0v) is 18.3. The molecule has 156 valence electrons. The molecule has 30 heavy (non-hydrogen) atoms. The summed E-state index contributed by atoms with van der Waals surface area (Å²) in [4.78, 5) is 32.3. The van der Waals surface area contributed by atoms with E-state index in [0.717, 1.165) is 23.3 Å². The van der Waals surface area contributed by atoms with E-state index < -0.39 is 0 Å². The molecule has 1 aromatic carbocycles. The van der Waals surface area contributed by atoms with Gasteiger partial charge in [-0.25, -0.2) is 4.98 Å². The molecule has 3 aromatic rings. The second-order valence-corrected chi connectivity index (χ2v) is 9.09. The van der Waals surface area contributed by atoms with Crippen LogP contribution >= 0.6 is 34.5 Å². The number of thiazole rings is 1. The molecule has 1 unspecified atom stereocenters. The second-order valence-electron chi connectivity index (χ2n) is 7.14. The van der Waals surface area contributed by atoms with Crippen LogP contribution in [0.3, 0.4) is 0 Å². The Balaban J connectivity index is 1.36. The normalized spacial score (nSPS) is 16.5. The number of hydrogen-bond donors (Lipinski definition) is 1. The quantitative estimate of drug-likeness (QED) is 0.569. The minimum Gasteiger partial charge on any atom is -0.472 e. The fourth-order valence-corrected chi connectivity index (χ4v) is 4.77. The number of benzene rings is 1. The summed E-state index contributed by atoms with van der Waals surface area (Å²) in [5.74, 6) is -0.504. The Kier molecular flexibility index (Phi) is 6.41. The van der Waals surface area contributed by atoms with E-state index in [9.17, 15) is 9.59 Å². The first-order valence-electron chi connectivity index (χ1n) is 9.50. The summed E-state index contributed by atoms with van der Waals surface area (Å²) in [5, 5.41) is 4.63. The highest BCUT2D eigenvalue weighted by molar-refractivity contribution is 7.15. The number of rotatable bonds is 5. The number of carbonyl (C=O) groups is 2. The van der Waals surface area contributed by atoms with Gasteiger partial charge >= 0.3 is 0 Å². The molecule has 0 saturated carbocycles. The van der Waals surface area contributed by atoms with Crippen molar-refractivity contribution >= 4 is 51.5 Å². The average molecular weight is 464 g/mol. The van der Waals surface area contributed by atoms with Crippen LogP contribution in [0.2, 0.25) is 10.0 Å². The van der Waals surface area contributed by atoms with Crippen LogP contribution in [0, 0.1) is 5.92 Å². The van der Waals surface area contributed by atoms with Crippen LogP contribution in [0.4, 0.5) is 5.13 Å². The molecule has 2 amide bonds. The minimum atomic E-state index is -0.271. The highest BCUT2D eigenvalue weighted by Crippen LogP contribution is 2.28. The van der Waals surface area contributed by atoms with Gasteiger partial charge in [0.05, 0.1) is 17.7 Å². The van der Waals surface area contributed by atoms with Gasteiger partial charge in [-0.05, 0) is 36.6 Å². The van der Waals surface area contributed by atoms with E-state index in [1.54, 1.807) is 29.3 Å². The van der Waals surface area contributed by atoms with Crippen molar-refractivity contribution in [3.63, 3.8) is 0 Å². The van der Waals surface area contributed by atoms with Crippen molar-refractivity contribution in [3.8, 4) is 0 Å². The molecule has 1 saturated heterocycles. The molecule has 1 fully saturated rings. The number of piperidine rings is 1. The van der Waals surface area contributed by atoms with Gasteiger partial charge in [0.15, 0.2) is 5.13 Å². The molecule has 4 rings (SSSR count). The molecule has 6 nitrogen and oxygen atoms in total. The number of amides is 2. The summed E-state index contributed by atoms with van der Waals surface area (Å²) < 4.78 is 4.99. The zero-order valence-electron chi connectivity index (χ0n) is 15.9. The molecule has 0 radical (unpaired) electrons. The third-order valence-electron chi connectivity index (χ3n) is 5.01. The van der Waals surface area contributed by atoms with Gasteiger partial charge in [-0.15, -0.1) is 11.3 Å². The lowest BCUT2D eigenvalue weighted by molar-refractivity contribution is -0.121. The Bertz CT molecular complexity index is 1050. The molecule has 9 heteroatoms. The van der Waals surface area contributed by atoms with Gasteiger partial charge < -0.3 is 14.6 Å². The zero-order chi connectivity index (χ0) is 21.1. The van der Waals surface area contributed by atoms with Crippen molar-refractivity contribution in [2.75, 3.05) is 18.4 Å². The Morgan fingerprint density at radius 1 is 1.30 bits per heavy atom. The van der Waals surface area contributed by atoms with Gasteiger partial charge in [-0.2, -0.15) is 0 Å². The van der Waals surface area contributed by atoms with E-state index in [1.165, 1.54) is 23.9 Å². The number of nitrogens with one attached hydrogen (secondary N) is 1. The summed E-state index contributed by atoms with van der Waals surface area (Å²) in [7, 11) is 0. The number of aromatic nitrogens is 1. The van der Waals surface area contributed by atoms with E-state index in [-0.39, 0.29) is 17.7 Å². The van der Waals surface area contributed by atoms with Crippen LogP contribution in [0.1, 0.15) is 33.6 Å². The highest BCUT2D eigenvalue weighted by atomic mass is 35.5. The van der Waals surface area contributed by atoms with Gasteiger partial charge in [0, 0.05) is 40.6 Å². The lowest BCUT2D eigenvalue weighted by atomic mass is 9.97. The van der Waals surface area contributed by atoms with E-state index in [4.69, 9.17) is 27.6 Å². The lowest BCUT2D eigenvalue weighted by Crippen LogP contribution is -2.43. The smallest absolute Gasteiger partial charge is 0.257 e. The molecule has 0 spiro atoms. The van der Waals surface area contributed by atoms with Crippen molar-refractivity contribution in [2.45, 2.75) is 19.3 Å². The number of anilines is 1. The molecule has 1 atom stereocenters. The summed E-state index contributed by atoms with van der Waals surface area (Å²) in [6.07, 6.45) is 6.76. The van der Waals surface area contributed by atoms with Crippen LogP contribution in [-0.2, 0) is 11.2 Å². The molecule has 2 aromatic heterocycles. The van der Waals surface area contributed by atoms with Crippen molar-refractivity contribution < 1.29 is 14.0 Å². The van der Waals surface area contributed by atoms with Crippen molar-refractivity contribution in [2.24, 2.45) is 5.92 Å². The van der Waals surface area contributed by atoms with Gasteiger partial charge in [0.1, 0.15) is 6.26 Å². The number of nitrogens with zero attached hydrogens (tertiary/aromatic N) is 2. The lowest BCUT2D eigenvalue weighted by Gasteiger charge is -2.31. The van der Waals surface area contributed by atoms with Crippen molar-refractivity contribution in [3.05, 3.63) is 69.0 Å². The number of likely N-dealkylation sites (tertiary alicyclic amines) is 1. The summed E-state index contributed by atoms with van der Waals surface area (Å²) in [6.45, 7) is 1.02. The predicted molar refractivity (Wildman–Crippen MR) is 117 cm³/mol. The molecular weight excluding hydrogens is 445 g/mol. The van der Waals surface area contributed by atoms with E-state index in [1.807, 2.05) is 6.07 Å². The summed E-state index contributed by atoms with van der Waals surface area (Å²) in [6, 6.07) is 7.03. The first kappa shape index (κ1) is 20.9. The topological polar surface area (TPSA) is 75.4 Å².